The summed E-state index contributed by atoms with van der Waals surface area (Å²) >= 11 is 0. The Bertz CT molecular complexity index is 280. The van der Waals surface area contributed by atoms with Crippen LogP contribution in [0, 0.1) is 0 Å². The maximum Gasteiger partial charge on any atom is 0.155 e. The lowest BCUT2D eigenvalue weighted by molar-refractivity contribution is -0.106. The van der Waals surface area contributed by atoms with Gasteiger partial charge in [-0.2, -0.15) is 0 Å². The predicted molar refractivity (Wildman–Crippen MR) is 63.1 cm³/mol. The molecule has 1 fully saturated rings. The molecule has 4 nitrogen and oxygen atoms in total. The Kier molecular flexibility index (Phi) is 5.72. The molecule has 0 N–H and O–H groups in total. The average Bonchev–Trinajstić information content (AvgIpc) is 2.30. The average molecular weight is 250 g/mol. The van der Waals surface area contributed by atoms with Gasteiger partial charge in [0.2, 0.25) is 0 Å². The van der Waals surface area contributed by atoms with Gasteiger partial charge < -0.3 is 9.47 Å². The van der Waals surface area contributed by atoms with Gasteiger partial charge in [0, 0.05) is 7.11 Å². The van der Waals surface area contributed by atoms with E-state index in [1.165, 1.54) is 6.42 Å². The zero-order chi connectivity index (χ0) is 12.0. The molecule has 0 amide bonds. The Morgan fingerprint density at radius 2 is 1.88 bits per heavy atom. The van der Waals surface area contributed by atoms with Crippen molar-refractivity contribution in [3.8, 4) is 0 Å². The zero-order valence-electron chi connectivity index (χ0n) is 10.1. The Labute approximate surface area is 98.2 Å². The predicted octanol–water partition coefficient (Wildman–Crippen LogP) is 1.74. The van der Waals surface area contributed by atoms with E-state index in [1.807, 2.05) is 0 Å². The third-order valence-corrected chi connectivity index (χ3v) is 5.34. The van der Waals surface area contributed by atoms with Gasteiger partial charge in [-0.25, -0.2) is 8.42 Å². The van der Waals surface area contributed by atoms with Gasteiger partial charge in [0.05, 0.1) is 17.6 Å². The molecular weight excluding hydrogens is 228 g/mol. The monoisotopic (exact) mass is 250 g/mol. The Morgan fingerprint density at radius 3 is 2.44 bits per heavy atom. The van der Waals surface area contributed by atoms with Crippen molar-refractivity contribution in [1.29, 1.82) is 0 Å². The van der Waals surface area contributed by atoms with Gasteiger partial charge in [-0.15, -0.1) is 0 Å². The summed E-state index contributed by atoms with van der Waals surface area (Å²) in [6.45, 7) is 1.99. The van der Waals surface area contributed by atoms with Crippen molar-refractivity contribution in [2.45, 2.75) is 50.6 Å². The minimum atomic E-state index is -2.97. The molecule has 0 heterocycles. The van der Waals surface area contributed by atoms with Crippen molar-refractivity contribution in [1.82, 2.24) is 0 Å². The quantitative estimate of drug-likeness (QED) is 0.674. The van der Waals surface area contributed by atoms with E-state index in [0.717, 1.165) is 25.7 Å². The molecule has 0 aliphatic heterocycles. The lowest BCUT2D eigenvalue weighted by atomic mass is 10.0. The summed E-state index contributed by atoms with van der Waals surface area (Å²) in [5, 5.41) is -0.136. The molecule has 0 radical (unpaired) electrons. The molecule has 1 unspecified atom stereocenters. The number of methoxy groups -OCH3 is 1. The van der Waals surface area contributed by atoms with E-state index < -0.39 is 9.84 Å². The van der Waals surface area contributed by atoms with Gasteiger partial charge in [-0.05, 0) is 19.8 Å². The standard InChI is InChI=1S/C11H22O4S/c1-10(14-2)15-8-9-16(12,13)11-6-4-3-5-7-11/h10-11H,3-9H2,1-2H3. The molecule has 0 aromatic heterocycles. The summed E-state index contributed by atoms with van der Waals surface area (Å²) in [6.07, 6.45) is 4.56. The third-order valence-electron chi connectivity index (χ3n) is 3.11. The second-order valence-electron chi connectivity index (χ2n) is 4.30. The molecule has 1 saturated carbocycles. The molecule has 1 rings (SSSR count). The van der Waals surface area contributed by atoms with Crippen LogP contribution in [0.15, 0.2) is 0 Å². The molecule has 0 aromatic carbocycles. The molecule has 0 spiro atoms. The van der Waals surface area contributed by atoms with Gasteiger partial charge in [0.15, 0.2) is 16.1 Å². The van der Waals surface area contributed by atoms with Crippen LogP contribution in [-0.4, -0.2) is 39.4 Å². The van der Waals surface area contributed by atoms with Crippen molar-refractivity contribution in [3.63, 3.8) is 0 Å². The fourth-order valence-electron chi connectivity index (χ4n) is 1.99. The molecule has 0 saturated heterocycles. The van der Waals surface area contributed by atoms with Gasteiger partial charge >= 0.3 is 0 Å². The number of hydrogen-bond acceptors (Lipinski definition) is 4. The first kappa shape index (κ1) is 13.9. The summed E-state index contributed by atoms with van der Waals surface area (Å²) in [5.41, 5.74) is 0. The topological polar surface area (TPSA) is 52.6 Å². The summed E-state index contributed by atoms with van der Waals surface area (Å²) in [4.78, 5) is 0. The van der Waals surface area contributed by atoms with Crippen molar-refractivity contribution in [3.05, 3.63) is 0 Å². The van der Waals surface area contributed by atoms with E-state index in [-0.39, 0.29) is 23.9 Å². The fourth-order valence-corrected chi connectivity index (χ4v) is 3.70. The summed E-state index contributed by atoms with van der Waals surface area (Å²) in [7, 11) is -1.43. The van der Waals surface area contributed by atoms with Crippen molar-refractivity contribution >= 4 is 9.84 Å². The van der Waals surface area contributed by atoms with Crippen LogP contribution in [0.4, 0.5) is 0 Å². The van der Waals surface area contributed by atoms with Crippen LogP contribution >= 0.6 is 0 Å². The van der Waals surface area contributed by atoms with Crippen LogP contribution in [0.25, 0.3) is 0 Å². The number of hydrogen-bond donors (Lipinski definition) is 0. The van der Waals surface area contributed by atoms with Crippen LogP contribution < -0.4 is 0 Å². The van der Waals surface area contributed by atoms with Crippen LogP contribution in [0.3, 0.4) is 0 Å². The van der Waals surface area contributed by atoms with Crippen molar-refractivity contribution in [2.75, 3.05) is 19.5 Å². The van der Waals surface area contributed by atoms with Gasteiger partial charge in [-0.1, -0.05) is 19.3 Å². The van der Waals surface area contributed by atoms with Crippen molar-refractivity contribution < 1.29 is 17.9 Å². The van der Waals surface area contributed by atoms with E-state index >= 15 is 0 Å². The maximum atomic E-state index is 11.9. The van der Waals surface area contributed by atoms with E-state index in [9.17, 15) is 8.42 Å². The highest BCUT2D eigenvalue weighted by atomic mass is 32.2. The molecule has 0 aromatic rings. The van der Waals surface area contributed by atoms with Gasteiger partial charge in [0.25, 0.3) is 0 Å². The number of sulfone groups is 1. The molecule has 5 heteroatoms. The number of ether oxygens (including phenoxy) is 2. The van der Waals surface area contributed by atoms with Crippen LogP contribution in [0.2, 0.25) is 0 Å². The molecule has 96 valence electrons. The van der Waals surface area contributed by atoms with Crippen molar-refractivity contribution in [2.24, 2.45) is 0 Å². The van der Waals surface area contributed by atoms with Gasteiger partial charge in [0.1, 0.15) is 0 Å². The Morgan fingerprint density at radius 1 is 1.25 bits per heavy atom. The zero-order valence-corrected chi connectivity index (χ0v) is 11.0. The minimum Gasteiger partial charge on any atom is -0.356 e. The normalized spacial score (nSPS) is 20.9. The number of rotatable bonds is 6. The van der Waals surface area contributed by atoms with Crippen LogP contribution in [0.5, 0.6) is 0 Å². The van der Waals surface area contributed by atoms with E-state index in [4.69, 9.17) is 9.47 Å². The Hall–Kier alpha value is -0.130. The van der Waals surface area contributed by atoms with Crippen LogP contribution in [0.1, 0.15) is 39.0 Å². The molecule has 1 aliphatic carbocycles. The summed E-state index contributed by atoms with van der Waals surface area (Å²) in [6, 6.07) is 0. The smallest absolute Gasteiger partial charge is 0.155 e. The highest BCUT2D eigenvalue weighted by Crippen LogP contribution is 2.24. The molecule has 16 heavy (non-hydrogen) atoms. The SMILES string of the molecule is COC(C)OCCS(=O)(=O)C1CCCCC1. The van der Waals surface area contributed by atoms with E-state index in [1.54, 1.807) is 14.0 Å². The largest absolute Gasteiger partial charge is 0.356 e. The molecule has 1 atom stereocenters. The van der Waals surface area contributed by atoms with E-state index in [0.29, 0.717) is 0 Å². The second kappa shape index (κ2) is 6.57. The maximum absolute atomic E-state index is 11.9. The first-order chi connectivity index (χ1) is 7.56. The fraction of sp³-hybridized carbons (Fsp3) is 1.00. The first-order valence-corrected chi connectivity index (χ1v) is 7.64. The lowest BCUT2D eigenvalue weighted by Gasteiger charge is -2.22. The minimum absolute atomic E-state index is 0.116. The lowest BCUT2D eigenvalue weighted by Crippen LogP contribution is -2.29. The summed E-state index contributed by atoms with van der Waals surface area (Å²) in [5.74, 6) is 0.116. The molecule has 0 bridgehead atoms. The Balaban J connectivity index is 2.33. The summed E-state index contributed by atoms with van der Waals surface area (Å²) < 4.78 is 34.0. The van der Waals surface area contributed by atoms with Crippen LogP contribution in [-0.2, 0) is 19.3 Å². The molecular formula is C11H22O4S. The first-order valence-electron chi connectivity index (χ1n) is 5.92. The molecule has 1 aliphatic rings. The second-order valence-corrected chi connectivity index (χ2v) is 6.70. The highest BCUT2D eigenvalue weighted by Gasteiger charge is 2.26. The highest BCUT2D eigenvalue weighted by molar-refractivity contribution is 7.92. The van der Waals surface area contributed by atoms with Gasteiger partial charge in [-0.3, -0.25) is 0 Å². The van der Waals surface area contributed by atoms with E-state index in [2.05, 4.69) is 0 Å². The third kappa shape index (κ3) is 4.39.